The predicted octanol–water partition coefficient (Wildman–Crippen LogP) is 4.35. The average Bonchev–Trinajstić information content (AvgIpc) is 3.03. The molecule has 1 heterocycles. The molecule has 3 aliphatic rings. The first-order valence-corrected chi connectivity index (χ1v) is 12.6. The van der Waals surface area contributed by atoms with Crippen LogP contribution in [0, 0.1) is 16.7 Å². The van der Waals surface area contributed by atoms with Crippen LogP contribution < -0.4 is 0 Å². The first-order valence-electron chi connectivity index (χ1n) is 12.6. The Hall–Kier alpha value is -2.10. The fourth-order valence-electron chi connectivity index (χ4n) is 6.29. The Kier molecular flexibility index (Phi) is 6.26. The summed E-state index contributed by atoms with van der Waals surface area (Å²) < 4.78 is 0. The summed E-state index contributed by atoms with van der Waals surface area (Å²) in [6, 6.07) is 13.1. The number of nitriles is 1. The Morgan fingerprint density at radius 2 is 1.76 bits per heavy atom. The fourth-order valence-corrected chi connectivity index (χ4v) is 6.29. The number of hydrogen-bond acceptors (Lipinski definition) is 4. The molecule has 2 aliphatic carbocycles. The molecule has 1 N–H and O–H groups in total. The first kappa shape index (κ1) is 24.0. The van der Waals surface area contributed by atoms with Crippen LogP contribution in [-0.2, 0) is 5.54 Å². The van der Waals surface area contributed by atoms with E-state index in [1.807, 2.05) is 23.6 Å². The average molecular weight is 453 g/mol. The van der Waals surface area contributed by atoms with Gasteiger partial charge in [-0.2, -0.15) is 5.26 Å². The van der Waals surface area contributed by atoms with Crippen molar-refractivity contribution in [2.45, 2.75) is 82.4 Å². The van der Waals surface area contributed by atoms with Crippen molar-refractivity contribution in [1.82, 2.24) is 14.7 Å². The van der Waals surface area contributed by atoms with Crippen molar-refractivity contribution in [3.63, 3.8) is 0 Å². The molecule has 1 aromatic carbocycles. The van der Waals surface area contributed by atoms with E-state index in [1.165, 1.54) is 5.56 Å². The van der Waals surface area contributed by atoms with Crippen molar-refractivity contribution < 1.29 is 9.90 Å². The van der Waals surface area contributed by atoms with Crippen molar-refractivity contribution in [3.05, 3.63) is 35.9 Å². The van der Waals surface area contributed by atoms with Gasteiger partial charge in [0.2, 0.25) is 0 Å². The maximum atomic E-state index is 13.6. The van der Waals surface area contributed by atoms with E-state index < -0.39 is 11.0 Å². The molecule has 0 unspecified atom stereocenters. The summed E-state index contributed by atoms with van der Waals surface area (Å²) >= 11 is 0. The van der Waals surface area contributed by atoms with E-state index in [4.69, 9.17) is 0 Å². The molecule has 180 valence electrons. The van der Waals surface area contributed by atoms with Crippen LogP contribution in [0.4, 0.5) is 4.79 Å². The lowest BCUT2D eigenvalue weighted by Gasteiger charge is -2.53. The highest BCUT2D eigenvalue weighted by atomic mass is 16.3. The molecule has 0 aromatic heterocycles. The lowest BCUT2D eigenvalue weighted by atomic mass is 9.67. The zero-order valence-electron chi connectivity index (χ0n) is 20.8. The van der Waals surface area contributed by atoms with Crippen LogP contribution in [0.15, 0.2) is 30.3 Å². The van der Waals surface area contributed by atoms with Crippen LogP contribution in [0.25, 0.3) is 0 Å². The molecule has 3 fully saturated rings. The SMILES string of the molecule is CCN(C)[C@]1(c2ccccc2)CC[C@]2(CC1)CN(CC(C)(C)C#N)C(=O)N2CC1(O)CCC1. The first-order chi connectivity index (χ1) is 15.6. The van der Waals surface area contributed by atoms with E-state index in [2.05, 4.69) is 55.3 Å². The van der Waals surface area contributed by atoms with Gasteiger partial charge in [-0.3, -0.25) is 4.90 Å². The van der Waals surface area contributed by atoms with Crippen LogP contribution in [0.2, 0.25) is 0 Å². The van der Waals surface area contributed by atoms with E-state index >= 15 is 0 Å². The monoisotopic (exact) mass is 452 g/mol. The number of hydrogen-bond donors (Lipinski definition) is 1. The van der Waals surface area contributed by atoms with Crippen LogP contribution in [0.1, 0.15) is 71.3 Å². The summed E-state index contributed by atoms with van der Waals surface area (Å²) in [7, 11) is 2.21. The number of amides is 2. The van der Waals surface area contributed by atoms with Gasteiger partial charge in [0, 0.05) is 18.6 Å². The molecule has 2 saturated carbocycles. The van der Waals surface area contributed by atoms with Gasteiger partial charge >= 0.3 is 6.03 Å². The van der Waals surface area contributed by atoms with Crippen molar-refractivity contribution in [3.8, 4) is 6.07 Å². The Morgan fingerprint density at radius 1 is 1.12 bits per heavy atom. The lowest BCUT2D eigenvalue weighted by molar-refractivity contribution is -0.0733. The summed E-state index contributed by atoms with van der Waals surface area (Å²) in [5, 5.41) is 20.6. The molecule has 33 heavy (non-hydrogen) atoms. The van der Waals surface area contributed by atoms with Crippen LogP contribution in [-0.4, -0.2) is 70.2 Å². The summed E-state index contributed by atoms with van der Waals surface area (Å²) in [6.07, 6.45) is 6.30. The molecular formula is C27H40N4O2. The smallest absolute Gasteiger partial charge is 0.320 e. The third kappa shape index (κ3) is 4.26. The van der Waals surface area contributed by atoms with Gasteiger partial charge in [0.05, 0.1) is 29.2 Å². The second-order valence-corrected chi connectivity index (χ2v) is 11.4. The van der Waals surface area contributed by atoms with E-state index in [0.717, 1.165) is 51.5 Å². The second kappa shape index (κ2) is 8.60. The minimum atomic E-state index is -0.752. The topological polar surface area (TPSA) is 70.8 Å². The summed E-state index contributed by atoms with van der Waals surface area (Å²) in [6.45, 7) is 8.45. The molecule has 6 heteroatoms. The molecule has 6 nitrogen and oxygen atoms in total. The zero-order valence-corrected chi connectivity index (χ0v) is 20.8. The number of carbonyl (C=O) groups excluding carboxylic acids is 1. The van der Waals surface area contributed by atoms with Gasteiger partial charge in [-0.05, 0) is 77.9 Å². The molecular weight excluding hydrogens is 412 g/mol. The van der Waals surface area contributed by atoms with Crippen molar-refractivity contribution in [2.24, 2.45) is 5.41 Å². The summed E-state index contributed by atoms with van der Waals surface area (Å²) in [5.74, 6) is 0. The normalized spacial score (nSPS) is 29.4. The molecule has 0 radical (unpaired) electrons. The molecule has 1 spiro atoms. The Morgan fingerprint density at radius 3 is 2.27 bits per heavy atom. The molecule has 1 aromatic rings. The molecule has 1 saturated heterocycles. The van der Waals surface area contributed by atoms with Crippen LogP contribution in [0.3, 0.4) is 0 Å². The number of aliphatic hydroxyl groups is 1. The predicted molar refractivity (Wildman–Crippen MR) is 129 cm³/mol. The second-order valence-electron chi connectivity index (χ2n) is 11.4. The van der Waals surface area contributed by atoms with E-state index in [-0.39, 0.29) is 17.1 Å². The minimum Gasteiger partial charge on any atom is -0.388 e. The summed E-state index contributed by atoms with van der Waals surface area (Å²) in [5.41, 5.74) is -0.313. The van der Waals surface area contributed by atoms with Gasteiger partial charge in [-0.1, -0.05) is 37.3 Å². The number of urea groups is 1. The van der Waals surface area contributed by atoms with Crippen LogP contribution >= 0.6 is 0 Å². The van der Waals surface area contributed by atoms with Gasteiger partial charge in [0.15, 0.2) is 0 Å². The quantitative estimate of drug-likeness (QED) is 0.668. The van der Waals surface area contributed by atoms with Gasteiger partial charge < -0.3 is 14.9 Å². The van der Waals surface area contributed by atoms with Crippen molar-refractivity contribution in [1.29, 1.82) is 5.26 Å². The Bertz CT molecular complexity index is 894. The number of carbonyl (C=O) groups is 1. The molecule has 1 aliphatic heterocycles. The van der Waals surface area contributed by atoms with Crippen molar-refractivity contribution in [2.75, 3.05) is 33.2 Å². The van der Waals surface area contributed by atoms with E-state index in [0.29, 0.717) is 19.6 Å². The Balaban J connectivity index is 1.63. The molecule has 0 bridgehead atoms. The van der Waals surface area contributed by atoms with Gasteiger partial charge in [-0.25, -0.2) is 4.79 Å². The van der Waals surface area contributed by atoms with Crippen LogP contribution in [0.5, 0.6) is 0 Å². The highest BCUT2D eigenvalue weighted by Gasteiger charge is 2.57. The summed E-state index contributed by atoms with van der Waals surface area (Å²) in [4.78, 5) is 20.0. The Labute approximate surface area is 199 Å². The minimum absolute atomic E-state index is 0.00490. The number of β-amino-alcohol motifs (C(OH)–C–C–N with tert-alkyl or cyclic N) is 1. The molecule has 0 atom stereocenters. The van der Waals surface area contributed by atoms with Crippen molar-refractivity contribution >= 4 is 6.03 Å². The third-order valence-electron chi connectivity index (χ3n) is 8.71. The number of rotatable bonds is 7. The molecule has 2 amide bonds. The highest BCUT2D eigenvalue weighted by molar-refractivity contribution is 5.78. The maximum Gasteiger partial charge on any atom is 0.320 e. The lowest BCUT2D eigenvalue weighted by Crippen LogP contribution is -2.59. The standard InChI is InChI=1S/C27H40N4O2/c1-5-29(4)27(22-10-7-6-8-11-22)16-14-25(15-17-27)20-30(19-24(2,3)18-28)23(32)31(25)21-26(33)12-9-13-26/h6-8,10-11,33H,5,9,12-17,19-21H2,1-4H3/t25-,27+. The maximum absolute atomic E-state index is 13.6. The zero-order chi connectivity index (χ0) is 23.9. The van der Waals surface area contributed by atoms with Gasteiger partial charge in [0.25, 0.3) is 0 Å². The largest absolute Gasteiger partial charge is 0.388 e. The number of nitrogens with zero attached hydrogens (tertiary/aromatic N) is 4. The van der Waals surface area contributed by atoms with Gasteiger partial charge in [0.1, 0.15) is 0 Å². The highest BCUT2D eigenvalue weighted by Crippen LogP contribution is 2.50. The van der Waals surface area contributed by atoms with Gasteiger partial charge in [-0.15, -0.1) is 0 Å². The third-order valence-corrected chi connectivity index (χ3v) is 8.71. The van der Waals surface area contributed by atoms with E-state index in [9.17, 15) is 15.2 Å². The van der Waals surface area contributed by atoms with E-state index in [1.54, 1.807) is 0 Å². The fraction of sp³-hybridized carbons (Fsp3) is 0.704. The molecule has 4 rings (SSSR count). The number of benzene rings is 1.